The fourth-order valence-corrected chi connectivity index (χ4v) is 4.08. The SMILES string of the molecule is Bc1cnc(NS(=O)(=O)c2cccc(Cl)c2Cl)c(OCCOc2ccccc2)n1. The molecule has 0 amide bonds. The lowest BCUT2D eigenvalue weighted by Gasteiger charge is -2.14. The zero-order valence-electron chi connectivity index (χ0n) is 15.3. The van der Waals surface area contributed by atoms with Crippen molar-refractivity contribution in [2.45, 2.75) is 4.90 Å². The Bertz CT molecular complexity index is 1100. The number of hydrogen-bond donors (Lipinski definition) is 1. The Morgan fingerprint density at radius 1 is 1.00 bits per heavy atom. The van der Waals surface area contributed by atoms with Crippen LogP contribution >= 0.6 is 23.2 Å². The molecule has 150 valence electrons. The Balaban J connectivity index is 1.73. The smallest absolute Gasteiger partial charge is 0.264 e. The first-order valence-electron chi connectivity index (χ1n) is 8.48. The van der Waals surface area contributed by atoms with E-state index in [1.54, 1.807) is 7.85 Å². The summed E-state index contributed by atoms with van der Waals surface area (Å²) in [7, 11) is -2.34. The summed E-state index contributed by atoms with van der Waals surface area (Å²) in [5, 5.41) is 0.0412. The summed E-state index contributed by atoms with van der Waals surface area (Å²) in [6, 6.07) is 13.6. The third kappa shape index (κ3) is 5.53. The number of halogens is 2. The van der Waals surface area contributed by atoms with Crippen LogP contribution in [0.2, 0.25) is 10.0 Å². The number of aromatic nitrogens is 2. The molecule has 11 heteroatoms. The van der Waals surface area contributed by atoms with E-state index in [0.717, 1.165) is 0 Å². The number of hydrogen-bond acceptors (Lipinski definition) is 6. The maximum Gasteiger partial charge on any atom is 0.264 e. The molecule has 2 aromatic carbocycles. The number of sulfonamides is 1. The van der Waals surface area contributed by atoms with Gasteiger partial charge in [0.05, 0.1) is 10.0 Å². The first-order chi connectivity index (χ1) is 13.9. The Hall–Kier alpha value is -2.49. The van der Waals surface area contributed by atoms with Crippen LogP contribution in [0, 0.1) is 0 Å². The molecule has 0 aliphatic heterocycles. The number of para-hydroxylation sites is 1. The lowest BCUT2D eigenvalue weighted by atomic mass is 10.1. The van der Waals surface area contributed by atoms with Gasteiger partial charge in [0, 0.05) is 11.8 Å². The molecule has 0 bridgehead atoms. The highest BCUT2D eigenvalue weighted by atomic mass is 35.5. The van der Waals surface area contributed by atoms with Crippen molar-refractivity contribution < 1.29 is 17.9 Å². The van der Waals surface area contributed by atoms with E-state index in [-0.39, 0.29) is 39.9 Å². The minimum Gasteiger partial charge on any atom is -0.490 e. The molecule has 1 aromatic heterocycles. The summed E-state index contributed by atoms with van der Waals surface area (Å²) >= 11 is 12.0. The topological polar surface area (TPSA) is 90.4 Å². The molecule has 0 aliphatic rings. The molecular formula is C18H16BCl2N3O4S. The Morgan fingerprint density at radius 3 is 2.48 bits per heavy atom. The molecule has 1 heterocycles. The van der Waals surface area contributed by atoms with Gasteiger partial charge >= 0.3 is 0 Å². The van der Waals surface area contributed by atoms with Crippen molar-refractivity contribution in [3.8, 4) is 11.6 Å². The van der Waals surface area contributed by atoms with Gasteiger partial charge in [-0.15, -0.1) is 0 Å². The molecule has 29 heavy (non-hydrogen) atoms. The molecule has 7 nitrogen and oxygen atoms in total. The molecule has 0 aliphatic carbocycles. The van der Waals surface area contributed by atoms with E-state index < -0.39 is 10.0 Å². The Morgan fingerprint density at radius 2 is 1.72 bits per heavy atom. The zero-order valence-corrected chi connectivity index (χ0v) is 17.6. The van der Waals surface area contributed by atoms with Gasteiger partial charge in [-0.2, -0.15) is 0 Å². The van der Waals surface area contributed by atoms with Gasteiger partial charge in [-0.3, -0.25) is 4.72 Å². The maximum absolute atomic E-state index is 12.7. The average molecular weight is 452 g/mol. The molecule has 0 fully saturated rings. The third-order valence-electron chi connectivity index (χ3n) is 3.63. The molecule has 0 saturated heterocycles. The predicted molar refractivity (Wildman–Crippen MR) is 115 cm³/mol. The van der Waals surface area contributed by atoms with E-state index in [9.17, 15) is 8.42 Å². The highest BCUT2D eigenvalue weighted by Gasteiger charge is 2.22. The Kier molecular flexibility index (Phi) is 6.84. The van der Waals surface area contributed by atoms with Gasteiger partial charge in [0.1, 0.15) is 23.9 Å². The molecule has 0 spiro atoms. The number of rotatable bonds is 8. The number of benzene rings is 2. The van der Waals surface area contributed by atoms with Crippen molar-refractivity contribution in [2.24, 2.45) is 0 Å². The first-order valence-corrected chi connectivity index (χ1v) is 10.7. The second kappa shape index (κ2) is 9.34. The molecule has 0 atom stereocenters. The van der Waals surface area contributed by atoms with E-state index in [4.69, 9.17) is 32.7 Å². The van der Waals surface area contributed by atoms with E-state index in [0.29, 0.717) is 11.3 Å². The maximum atomic E-state index is 12.7. The van der Waals surface area contributed by atoms with Crippen LogP contribution in [0.3, 0.4) is 0 Å². The summed E-state index contributed by atoms with van der Waals surface area (Å²) in [6.45, 7) is 0.381. The minimum absolute atomic E-state index is 0.0309. The fraction of sp³-hybridized carbons (Fsp3) is 0.111. The fourth-order valence-electron chi connectivity index (χ4n) is 2.31. The third-order valence-corrected chi connectivity index (χ3v) is 5.94. The normalized spacial score (nSPS) is 11.1. The standard InChI is InChI=1S/C18H16BCl2N3O4S/c19-15-11-22-17(24-29(25,26)14-8-4-7-13(20)16(14)21)18(23-15)28-10-9-27-12-5-2-1-3-6-12/h1-8,11H,9-10,19H2,(H,22,24). The van der Waals surface area contributed by atoms with E-state index in [1.807, 2.05) is 30.3 Å². The largest absolute Gasteiger partial charge is 0.490 e. The van der Waals surface area contributed by atoms with E-state index in [2.05, 4.69) is 14.7 Å². The molecule has 1 N–H and O–H groups in total. The van der Waals surface area contributed by atoms with E-state index in [1.165, 1.54) is 24.4 Å². The zero-order chi connectivity index (χ0) is 20.9. The highest BCUT2D eigenvalue weighted by molar-refractivity contribution is 7.92. The summed E-state index contributed by atoms with van der Waals surface area (Å²) in [5.41, 5.74) is 0.563. The van der Waals surface area contributed by atoms with Gasteiger partial charge in [0.15, 0.2) is 7.85 Å². The van der Waals surface area contributed by atoms with Crippen molar-refractivity contribution in [3.05, 3.63) is 64.8 Å². The van der Waals surface area contributed by atoms with Crippen LogP contribution in [0.15, 0.2) is 59.6 Å². The van der Waals surface area contributed by atoms with Crippen LogP contribution < -0.4 is 19.8 Å². The average Bonchev–Trinajstić information content (AvgIpc) is 2.70. The van der Waals surface area contributed by atoms with Gasteiger partial charge in [-0.05, 0) is 24.3 Å². The molecule has 3 rings (SSSR count). The van der Waals surface area contributed by atoms with Crippen molar-refractivity contribution in [1.29, 1.82) is 0 Å². The van der Waals surface area contributed by atoms with Crippen LogP contribution in [-0.2, 0) is 10.0 Å². The van der Waals surface area contributed by atoms with Crippen molar-refractivity contribution in [3.63, 3.8) is 0 Å². The highest BCUT2D eigenvalue weighted by Crippen LogP contribution is 2.30. The van der Waals surface area contributed by atoms with Crippen LogP contribution in [0.25, 0.3) is 0 Å². The van der Waals surface area contributed by atoms with Crippen molar-refractivity contribution >= 4 is 52.5 Å². The molecule has 0 saturated carbocycles. The second-order valence-corrected chi connectivity index (χ2v) is 8.27. The monoisotopic (exact) mass is 451 g/mol. The van der Waals surface area contributed by atoms with Gasteiger partial charge in [0.25, 0.3) is 15.9 Å². The van der Waals surface area contributed by atoms with Crippen LogP contribution in [0.4, 0.5) is 5.82 Å². The molecule has 3 aromatic rings. The predicted octanol–water partition coefficient (Wildman–Crippen LogP) is 2.30. The molecular weight excluding hydrogens is 436 g/mol. The second-order valence-electron chi connectivity index (χ2n) is 5.83. The van der Waals surface area contributed by atoms with Gasteiger partial charge in [0.2, 0.25) is 5.82 Å². The van der Waals surface area contributed by atoms with Crippen LogP contribution in [0.1, 0.15) is 0 Å². The summed E-state index contributed by atoms with van der Waals surface area (Å²) in [6.07, 6.45) is 1.42. The molecule has 0 unspecified atom stereocenters. The lowest BCUT2D eigenvalue weighted by molar-refractivity contribution is 0.212. The summed E-state index contributed by atoms with van der Waals surface area (Å²) in [5.74, 6) is 0.665. The number of nitrogens with zero attached hydrogens (tertiary/aromatic N) is 2. The number of ether oxygens (including phenoxy) is 2. The quantitative estimate of drug-likeness (QED) is 0.417. The number of nitrogens with one attached hydrogen (secondary N) is 1. The van der Waals surface area contributed by atoms with Gasteiger partial charge in [-0.1, -0.05) is 47.5 Å². The lowest BCUT2D eigenvalue weighted by Crippen LogP contribution is -2.20. The first kappa shape index (κ1) is 21.2. The number of anilines is 1. The summed E-state index contributed by atoms with van der Waals surface area (Å²) < 4.78 is 38.9. The summed E-state index contributed by atoms with van der Waals surface area (Å²) in [4.78, 5) is 8.12. The Labute approximate surface area is 179 Å². The van der Waals surface area contributed by atoms with Crippen LogP contribution in [-0.4, -0.2) is 39.4 Å². The molecule has 0 radical (unpaired) electrons. The van der Waals surface area contributed by atoms with Crippen molar-refractivity contribution in [2.75, 3.05) is 17.9 Å². The van der Waals surface area contributed by atoms with Gasteiger partial charge < -0.3 is 9.47 Å². The van der Waals surface area contributed by atoms with E-state index >= 15 is 0 Å². The van der Waals surface area contributed by atoms with Crippen molar-refractivity contribution in [1.82, 2.24) is 9.97 Å². The van der Waals surface area contributed by atoms with Gasteiger partial charge in [-0.25, -0.2) is 18.4 Å². The minimum atomic E-state index is -4.06. The van der Waals surface area contributed by atoms with Crippen LogP contribution in [0.5, 0.6) is 11.6 Å².